The molecule has 4 aliphatic rings. The van der Waals surface area contributed by atoms with Gasteiger partial charge < -0.3 is 14.6 Å². The molecule has 4 rings (SSSR count). The molecule has 0 radical (unpaired) electrons. The van der Waals surface area contributed by atoms with Gasteiger partial charge in [0.1, 0.15) is 11.2 Å². The number of hydrogen-bond donors (Lipinski definition) is 1. The van der Waals surface area contributed by atoms with Gasteiger partial charge in [-0.3, -0.25) is 9.59 Å². The number of ether oxygens (including phenoxy) is 2. The SMILES string of the molecule is CCC(CC(C)(C)C(=O)OC(C)(C)C)C(=O)OC12CC3CC(CC(O)(C3)C1)C2. The number of carbonyl (C=O) groups excluding carboxylic acids is 2. The van der Waals surface area contributed by atoms with E-state index in [0.717, 1.165) is 32.1 Å². The van der Waals surface area contributed by atoms with E-state index in [1.807, 2.05) is 41.5 Å². The smallest absolute Gasteiger partial charge is 0.312 e. The lowest BCUT2D eigenvalue weighted by Gasteiger charge is -2.59. The highest BCUT2D eigenvalue weighted by Crippen LogP contribution is 2.59. The molecule has 0 aliphatic heterocycles. The van der Waals surface area contributed by atoms with Crippen molar-refractivity contribution in [1.29, 1.82) is 0 Å². The maximum absolute atomic E-state index is 13.1. The molecule has 5 nitrogen and oxygen atoms in total. The topological polar surface area (TPSA) is 72.8 Å². The second kappa shape index (κ2) is 7.00. The minimum Gasteiger partial charge on any atom is -0.460 e. The number of rotatable bonds is 6. The summed E-state index contributed by atoms with van der Waals surface area (Å²) < 4.78 is 11.7. The fourth-order valence-corrected chi connectivity index (χ4v) is 6.06. The second-order valence-electron chi connectivity index (χ2n) is 11.5. The van der Waals surface area contributed by atoms with Gasteiger partial charge >= 0.3 is 11.9 Å². The third-order valence-electron chi connectivity index (χ3n) is 6.83. The lowest BCUT2D eigenvalue weighted by Crippen LogP contribution is -2.60. The summed E-state index contributed by atoms with van der Waals surface area (Å²) in [5, 5.41) is 10.9. The average molecular weight is 395 g/mol. The predicted molar refractivity (Wildman–Crippen MR) is 106 cm³/mol. The number of carbonyl (C=O) groups is 2. The molecule has 0 aromatic heterocycles. The van der Waals surface area contributed by atoms with Gasteiger partial charge in [0, 0.05) is 6.42 Å². The Kier molecular flexibility index (Phi) is 5.40. The van der Waals surface area contributed by atoms with Crippen LogP contribution in [0.5, 0.6) is 0 Å². The zero-order valence-electron chi connectivity index (χ0n) is 18.5. The molecule has 4 aliphatic carbocycles. The highest BCUT2D eigenvalue weighted by atomic mass is 16.6. The van der Waals surface area contributed by atoms with E-state index in [0.29, 0.717) is 31.1 Å². The first-order valence-electron chi connectivity index (χ1n) is 10.9. The maximum Gasteiger partial charge on any atom is 0.312 e. The molecule has 0 spiro atoms. The van der Waals surface area contributed by atoms with Gasteiger partial charge in [-0.1, -0.05) is 6.92 Å². The Bertz CT molecular complexity index is 615. The molecule has 0 heterocycles. The normalized spacial score (nSPS) is 35.5. The molecule has 3 atom stereocenters. The highest BCUT2D eigenvalue weighted by Gasteiger charge is 2.59. The minimum absolute atomic E-state index is 0.218. The fourth-order valence-electron chi connectivity index (χ4n) is 6.06. The van der Waals surface area contributed by atoms with E-state index in [4.69, 9.17) is 9.47 Å². The zero-order valence-corrected chi connectivity index (χ0v) is 18.5. The third kappa shape index (κ3) is 4.55. The molecular weight excluding hydrogens is 356 g/mol. The Morgan fingerprint density at radius 2 is 1.64 bits per heavy atom. The molecule has 0 saturated heterocycles. The molecule has 0 amide bonds. The van der Waals surface area contributed by atoms with E-state index >= 15 is 0 Å². The molecule has 3 unspecified atom stereocenters. The fraction of sp³-hybridized carbons (Fsp3) is 0.913. The Morgan fingerprint density at radius 1 is 1.07 bits per heavy atom. The van der Waals surface area contributed by atoms with Gasteiger partial charge in [0.05, 0.1) is 16.9 Å². The first-order chi connectivity index (χ1) is 12.7. The summed E-state index contributed by atoms with van der Waals surface area (Å²) in [5.41, 5.74) is -2.46. The average Bonchev–Trinajstić information content (AvgIpc) is 2.47. The molecule has 28 heavy (non-hydrogen) atoms. The van der Waals surface area contributed by atoms with Crippen LogP contribution in [0, 0.1) is 23.2 Å². The van der Waals surface area contributed by atoms with Crippen molar-refractivity contribution in [3.05, 3.63) is 0 Å². The van der Waals surface area contributed by atoms with Crippen molar-refractivity contribution in [3.63, 3.8) is 0 Å². The van der Waals surface area contributed by atoms with Gasteiger partial charge in [-0.2, -0.15) is 0 Å². The summed E-state index contributed by atoms with van der Waals surface area (Å²) >= 11 is 0. The largest absolute Gasteiger partial charge is 0.460 e. The molecule has 0 aromatic rings. The minimum atomic E-state index is -0.757. The summed E-state index contributed by atoms with van der Waals surface area (Å²) in [7, 11) is 0. The van der Waals surface area contributed by atoms with Gasteiger partial charge in [0.15, 0.2) is 0 Å². The Balaban J connectivity index is 1.66. The van der Waals surface area contributed by atoms with Crippen LogP contribution < -0.4 is 0 Å². The van der Waals surface area contributed by atoms with Crippen molar-refractivity contribution in [2.75, 3.05) is 0 Å². The van der Waals surface area contributed by atoms with Crippen molar-refractivity contribution in [2.45, 2.75) is 110 Å². The Labute approximate surface area is 169 Å². The van der Waals surface area contributed by atoms with Crippen molar-refractivity contribution in [2.24, 2.45) is 23.2 Å². The first-order valence-corrected chi connectivity index (χ1v) is 10.9. The van der Waals surface area contributed by atoms with Crippen molar-refractivity contribution >= 4 is 11.9 Å². The van der Waals surface area contributed by atoms with Gasteiger partial charge in [0.25, 0.3) is 0 Å². The van der Waals surface area contributed by atoms with E-state index in [1.165, 1.54) is 0 Å². The summed E-state index contributed by atoms with van der Waals surface area (Å²) in [6, 6.07) is 0. The van der Waals surface area contributed by atoms with Crippen LogP contribution in [0.4, 0.5) is 0 Å². The second-order valence-corrected chi connectivity index (χ2v) is 11.5. The molecule has 4 fully saturated rings. The van der Waals surface area contributed by atoms with Crippen molar-refractivity contribution in [3.8, 4) is 0 Å². The third-order valence-corrected chi connectivity index (χ3v) is 6.83. The van der Waals surface area contributed by atoms with Crippen LogP contribution in [0.15, 0.2) is 0 Å². The number of aliphatic hydroxyl groups is 1. The molecule has 4 saturated carbocycles. The quantitative estimate of drug-likeness (QED) is 0.676. The van der Waals surface area contributed by atoms with Crippen LogP contribution in [0.1, 0.15) is 92.9 Å². The Hall–Kier alpha value is -1.10. The molecular formula is C23H38O5. The van der Waals surface area contributed by atoms with Crippen LogP contribution in [-0.4, -0.2) is 33.8 Å². The summed E-state index contributed by atoms with van der Waals surface area (Å²) in [5.74, 6) is 0.0971. The van der Waals surface area contributed by atoms with Crippen LogP contribution in [0.25, 0.3) is 0 Å². The van der Waals surface area contributed by atoms with Crippen LogP contribution >= 0.6 is 0 Å². The van der Waals surface area contributed by atoms with Gasteiger partial charge in [-0.05, 0) is 91.4 Å². The molecule has 160 valence electrons. The van der Waals surface area contributed by atoms with Crippen molar-refractivity contribution in [1.82, 2.24) is 0 Å². The van der Waals surface area contributed by atoms with E-state index in [2.05, 4.69) is 0 Å². The summed E-state index contributed by atoms with van der Waals surface area (Å²) in [4.78, 5) is 25.7. The van der Waals surface area contributed by atoms with Gasteiger partial charge in [-0.15, -0.1) is 0 Å². The van der Waals surface area contributed by atoms with Crippen LogP contribution in [0.3, 0.4) is 0 Å². The van der Waals surface area contributed by atoms with E-state index in [-0.39, 0.29) is 17.9 Å². The van der Waals surface area contributed by atoms with Crippen LogP contribution in [0.2, 0.25) is 0 Å². The Morgan fingerprint density at radius 3 is 2.11 bits per heavy atom. The predicted octanol–water partition coefficient (Wildman–Crippen LogP) is 4.40. The standard InChI is InChI=1S/C23H38O5/c1-7-17(13-21(5,6)19(25)28-20(2,3)4)18(24)27-23-11-15-8-16(12-23)10-22(26,9-15)14-23/h15-17,26H,7-14H2,1-6H3. The zero-order chi connectivity index (χ0) is 21.0. The van der Waals surface area contributed by atoms with Crippen molar-refractivity contribution < 1.29 is 24.2 Å². The molecule has 1 N–H and O–H groups in total. The molecule has 5 heteroatoms. The van der Waals surface area contributed by atoms with Gasteiger partial charge in [0.2, 0.25) is 0 Å². The lowest BCUT2D eigenvalue weighted by atomic mass is 9.52. The highest BCUT2D eigenvalue weighted by molar-refractivity contribution is 5.79. The molecule has 4 bridgehead atoms. The monoisotopic (exact) mass is 394 g/mol. The summed E-state index contributed by atoms with van der Waals surface area (Å²) in [6.07, 6.45) is 6.22. The lowest BCUT2D eigenvalue weighted by molar-refractivity contribution is -0.223. The van der Waals surface area contributed by atoms with Gasteiger partial charge in [-0.25, -0.2) is 0 Å². The molecule has 0 aromatic carbocycles. The number of esters is 2. The van der Waals surface area contributed by atoms with Crippen LogP contribution in [-0.2, 0) is 19.1 Å². The van der Waals surface area contributed by atoms with E-state index < -0.39 is 22.2 Å². The first kappa shape index (κ1) is 21.6. The maximum atomic E-state index is 13.1. The summed E-state index contributed by atoms with van der Waals surface area (Å²) in [6.45, 7) is 11.2. The number of hydrogen-bond acceptors (Lipinski definition) is 5. The van der Waals surface area contributed by atoms with E-state index in [1.54, 1.807) is 0 Å². The van der Waals surface area contributed by atoms with E-state index in [9.17, 15) is 14.7 Å².